The van der Waals surface area contributed by atoms with Crippen LogP contribution in [0.2, 0.25) is 5.02 Å². The lowest BCUT2D eigenvalue weighted by atomic mass is 9.93. The topological polar surface area (TPSA) is 58.5 Å². The molecule has 0 spiro atoms. The second-order valence-electron chi connectivity index (χ2n) is 6.54. The van der Waals surface area contributed by atoms with Crippen LogP contribution < -0.4 is 4.72 Å². The molecule has 0 bridgehead atoms. The Morgan fingerprint density at radius 3 is 2.34 bits per heavy atom. The lowest BCUT2D eigenvalue weighted by molar-refractivity contribution is 0.599. The largest absolute Gasteiger partial charge is 0.284 e. The van der Waals surface area contributed by atoms with Gasteiger partial charge in [-0.1, -0.05) is 23.7 Å². The van der Waals surface area contributed by atoms with Crippen LogP contribution in [-0.4, -0.2) is 20.7 Å². The van der Waals surface area contributed by atoms with Crippen LogP contribution in [-0.2, 0) is 16.4 Å². The SMILES string of the molecule is O=S(=O)(Nc1ccc(C2=NCCc3cc(F)ccc32)cc1)c1ccc(F)cc1Cl. The van der Waals surface area contributed by atoms with Crippen molar-refractivity contribution in [3.8, 4) is 0 Å². The van der Waals surface area contributed by atoms with Crippen molar-refractivity contribution in [1.82, 2.24) is 0 Å². The van der Waals surface area contributed by atoms with Crippen LogP contribution in [0.4, 0.5) is 14.5 Å². The first-order valence-corrected chi connectivity index (χ1v) is 10.6. The highest BCUT2D eigenvalue weighted by Gasteiger charge is 2.20. The highest BCUT2D eigenvalue weighted by Crippen LogP contribution is 2.26. The molecule has 1 aliphatic heterocycles. The Kier molecular flexibility index (Phi) is 5.10. The Hall–Kier alpha value is -2.77. The fourth-order valence-electron chi connectivity index (χ4n) is 3.22. The van der Waals surface area contributed by atoms with Crippen LogP contribution in [0, 0.1) is 11.6 Å². The van der Waals surface area contributed by atoms with Gasteiger partial charge in [0.05, 0.1) is 10.7 Å². The lowest BCUT2D eigenvalue weighted by Crippen LogP contribution is -2.15. The molecule has 148 valence electrons. The average Bonchev–Trinajstić information content (AvgIpc) is 2.67. The van der Waals surface area contributed by atoms with Gasteiger partial charge < -0.3 is 0 Å². The molecular formula is C21H15ClF2N2O2S. The smallest absolute Gasteiger partial charge is 0.263 e. The maximum absolute atomic E-state index is 13.5. The van der Waals surface area contributed by atoms with Crippen molar-refractivity contribution < 1.29 is 17.2 Å². The van der Waals surface area contributed by atoms with Gasteiger partial charge >= 0.3 is 0 Å². The van der Waals surface area contributed by atoms with Gasteiger partial charge in [0.1, 0.15) is 16.5 Å². The molecule has 4 nitrogen and oxygen atoms in total. The standard InChI is InChI=1S/C21H15ClF2N2O2S/c22-19-12-16(24)4-8-20(19)29(27,28)26-17-5-1-13(2-6-17)21-18-7-3-15(23)11-14(18)9-10-25-21/h1-8,11-12,26H,9-10H2. The predicted octanol–water partition coefficient (Wildman–Crippen LogP) is 4.81. The third-order valence-corrected chi connectivity index (χ3v) is 6.43. The first-order valence-electron chi connectivity index (χ1n) is 8.75. The van der Waals surface area contributed by atoms with E-state index in [0.717, 1.165) is 40.6 Å². The van der Waals surface area contributed by atoms with Crippen LogP contribution >= 0.6 is 11.6 Å². The third-order valence-electron chi connectivity index (χ3n) is 4.57. The number of nitrogens with one attached hydrogen (secondary N) is 1. The van der Waals surface area contributed by atoms with Crippen LogP contribution in [0.3, 0.4) is 0 Å². The number of benzene rings is 3. The summed E-state index contributed by atoms with van der Waals surface area (Å²) in [5, 5.41) is -0.200. The Balaban J connectivity index is 1.60. The molecule has 0 saturated carbocycles. The zero-order valence-corrected chi connectivity index (χ0v) is 16.6. The average molecular weight is 433 g/mol. The van der Waals surface area contributed by atoms with Crippen molar-refractivity contribution in [3.05, 3.63) is 94.0 Å². The number of nitrogens with zero attached hydrogens (tertiary/aromatic N) is 1. The number of fused-ring (bicyclic) bond motifs is 1. The molecular weight excluding hydrogens is 418 g/mol. The molecule has 0 unspecified atom stereocenters. The molecule has 0 aliphatic carbocycles. The minimum Gasteiger partial charge on any atom is -0.284 e. The summed E-state index contributed by atoms with van der Waals surface area (Å²) in [4.78, 5) is 4.33. The number of rotatable bonds is 4. The van der Waals surface area contributed by atoms with Gasteiger partial charge in [-0.15, -0.1) is 0 Å². The Morgan fingerprint density at radius 1 is 0.931 bits per heavy atom. The van der Waals surface area contributed by atoms with E-state index in [1.54, 1.807) is 30.3 Å². The number of aliphatic imine (C=N–C) groups is 1. The van der Waals surface area contributed by atoms with Crippen molar-refractivity contribution in [3.63, 3.8) is 0 Å². The second kappa shape index (κ2) is 7.57. The molecule has 0 amide bonds. The zero-order valence-electron chi connectivity index (χ0n) is 15.0. The van der Waals surface area contributed by atoms with Crippen LogP contribution in [0.5, 0.6) is 0 Å². The second-order valence-corrected chi connectivity index (χ2v) is 8.60. The van der Waals surface area contributed by atoms with Crippen molar-refractivity contribution >= 4 is 33.0 Å². The van der Waals surface area contributed by atoms with E-state index in [2.05, 4.69) is 9.71 Å². The molecule has 4 rings (SSSR count). The number of anilines is 1. The monoisotopic (exact) mass is 432 g/mol. The highest BCUT2D eigenvalue weighted by molar-refractivity contribution is 7.92. The van der Waals surface area contributed by atoms with E-state index < -0.39 is 15.8 Å². The van der Waals surface area contributed by atoms with Crippen LogP contribution in [0.25, 0.3) is 0 Å². The van der Waals surface area contributed by atoms with E-state index >= 15 is 0 Å². The molecule has 1 N–H and O–H groups in total. The Labute approximate surface area is 171 Å². The van der Waals surface area contributed by atoms with Gasteiger partial charge in [-0.05, 0) is 60.5 Å². The number of hydrogen-bond donors (Lipinski definition) is 1. The van der Waals surface area contributed by atoms with Gasteiger partial charge in [-0.25, -0.2) is 17.2 Å². The molecule has 0 fully saturated rings. The Morgan fingerprint density at radius 2 is 1.62 bits per heavy atom. The maximum Gasteiger partial charge on any atom is 0.263 e. The molecule has 0 saturated heterocycles. The van der Waals surface area contributed by atoms with Crippen molar-refractivity contribution in [2.45, 2.75) is 11.3 Å². The molecule has 0 radical (unpaired) electrons. The Bertz CT molecular complexity index is 1230. The summed E-state index contributed by atoms with van der Waals surface area (Å²) in [7, 11) is -3.97. The number of sulfonamides is 1. The zero-order chi connectivity index (χ0) is 20.6. The first kappa shape index (κ1) is 19.5. The summed E-state index contributed by atoms with van der Waals surface area (Å²) in [6.07, 6.45) is 0.674. The summed E-state index contributed by atoms with van der Waals surface area (Å²) in [6.45, 7) is 0.559. The van der Waals surface area contributed by atoms with E-state index in [9.17, 15) is 17.2 Å². The van der Waals surface area contributed by atoms with Gasteiger partial charge in [0, 0.05) is 23.4 Å². The van der Waals surface area contributed by atoms with E-state index in [1.165, 1.54) is 12.1 Å². The first-order chi connectivity index (χ1) is 13.8. The molecule has 3 aromatic rings. The van der Waals surface area contributed by atoms with Gasteiger partial charge in [-0.3, -0.25) is 9.71 Å². The van der Waals surface area contributed by atoms with Gasteiger partial charge in [-0.2, -0.15) is 0 Å². The molecule has 8 heteroatoms. The van der Waals surface area contributed by atoms with Gasteiger partial charge in [0.25, 0.3) is 10.0 Å². The summed E-state index contributed by atoms with van der Waals surface area (Å²) < 4.78 is 54.2. The van der Waals surface area contributed by atoms with Crippen molar-refractivity contribution in [2.75, 3.05) is 11.3 Å². The third kappa shape index (κ3) is 4.02. The fourth-order valence-corrected chi connectivity index (χ4v) is 4.81. The highest BCUT2D eigenvalue weighted by atomic mass is 35.5. The molecule has 0 atom stereocenters. The van der Waals surface area contributed by atoms with E-state index in [-0.39, 0.29) is 15.7 Å². The summed E-state index contributed by atoms with van der Waals surface area (Å²) in [6, 6.07) is 14.4. The minimum atomic E-state index is -3.97. The fraction of sp³-hybridized carbons (Fsp3) is 0.0952. The van der Waals surface area contributed by atoms with E-state index in [0.29, 0.717) is 18.7 Å². The lowest BCUT2D eigenvalue weighted by Gasteiger charge is -2.17. The maximum atomic E-state index is 13.5. The minimum absolute atomic E-state index is 0.200. The molecule has 1 aliphatic rings. The van der Waals surface area contributed by atoms with E-state index in [1.807, 2.05) is 0 Å². The van der Waals surface area contributed by atoms with Crippen molar-refractivity contribution in [2.24, 2.45) is 4.99 Å². The molecule has 1 heterocycles. The van der Waals surface area contributed by atoms with Crippen LogP contribution in [0.1, 0.15) is 16.7 Å². The predicted molar refractivity (Wildman–Crippen MR) is 109 cm³/mol. The number of halogens is 3. The van der Waals surface area contributed by atoms with E-state index in [4.69, 9.17) is 11.6 Å². The summed E-state index contributed by atoms with van der Waals surface area (Å²) in [5.41, 5.74) is 3.61. The molecule has 29 heavy (non-hydrogen) atoms. The quantitative estimate of drug-likeness (QED) is 0.643. The number of hydrogen-bond acceptors (Lipinski definition) is 3. The van der Waals surface area contributed by atoms with Crippen LogP contribution in [0.15, 0.2) is 70.6 Å². The normalized spacial score (nSPS) is 13.6. The molecule has 3 aromatic carbocycles. The van der Waals surface area contributed by atoms with Gasteiger partial charge in [0.15, 0.2) is 0 Å². The van der Waals surface area contributed by atoms with Crippen molar-refractivity contribution in [1.29, 1.82) is 0 Å². The summed E-state index contributed by atoms with van der Waals surface area (Å²) >= 11 is 5.86. The molecule has 0 aromatic heterocycles. The summed E-state index contributed by atoms with van der Waals surface area (Å²) in [5.74, 6) is -0.902. The van der Waals surface area contributed by atoms with Gasteiger partial charge in [0.2, 0.25) is 0 Å².